The van der Waals surface area contributed by atoms with Crippen molar-refractivity contribution < 1.29 is 4.74 Å². The summed E-state index contributed by atoms with van der Waals surface area (Å²) in [5.41, 5.74) is 0. The number of nitrogens with one attached hydrogen (secondary N) is 1. The summed E-state index contributed by atoms with van der Waals surface area (Å²) in [6.07, 6.45) is 11.9. The van der Waals surface area contributed by atoms with Gasteiger partial charge in [-0.3, -0.25) is 0 Å². The molecule has 1 saturated carbocycles. The zero-order valence-corrected chi connectivity index (χ0v) is 11.9. The number of rotatable bonds is 5. The summed E-state index contributed by atoms with van der Waals surface area (Å²) in [5, 5.41) is 3.46. The summed E-state index contributed by atoms with van der Waals surface area (Å²) in [4.78, 5) is 8.71. The van der Waals surface area contributed by atoms with E-state index in [2.05, 4.69) is 22.2 Å². The van der Waals surface area contributed by atoms with Crippen LogP contribution in [0.3, 0.4) is 0 Å². The molecule has 1 heterocycles. The summed E-state index contributed by atoms with van der Waals surface area (Å²) >= 11 is 0. The van der Waals surface area contributed by atoms with E-state index in [9.17, 15) is 0 Å². The fraction of sp³-hybridized carbons (Fsp3) is 0.733. The van der Waals surface area contributed by atoms with Crippen LogP contribution in [-0.2, 0) is 0 Å². The first-order valence-electron chi connectivity index (χ1n) is 7.61. The molecule has 0 aromatic carbocycles. The predicted molar refractivity (Wildman–Crippen MR) is 77.5 cm³/mol. The van der Waals surface area contributed by atoms with Crippen molar-refractivity contribution in [3.05, 3.63) is 12.3 Å². The molecule has 0 radical (unpaired) electrons. The number of nitrogens with zero attached hydrogens (tertiary/aromatic N) is 2. The van der Waals surface area contributed by atoms with Crippen molar-refractivity contribution in [2.45, 2.75) is 64.3 Å². The van der Waals surface area contributed by atoms with E-state index in [1.807, 2.05) is 6.07 Å². The second kappa shape index (κ2) is 7.97. The van der Waals surface area contributed by atoms with Crippen molar-refractivity contribution in [3.63, 3.8) is 0 Å². The Morgan fingerprint density at radius 3 is 2.68 bits per heavy atom. The first kappa shape index (κ1) is 14.1. The second-order valence-electron chi connectivity index (χ2n) is 5.25. The van der Waals surface area contributed by atoms with Crippen LogP contribution in [0.5, 0.6) is 5.88 Å². The molecule has 0 aliphatic heterocycles. The topological polar surface area (TPSA) is 47.0 Å². The van der Waals surface area contributed by atoms with Crippen molar-refractivity contribution in [2.24, 2.45) is 0 Å². The first-order chi connectivity index (χ1) is 9.38. The lowest BCUT2D eigenvalue weighted by Crippen LogP contribution is -2.22. The Bertz CT molecular complexity index is 362. The van der Waals surface area contributed by atoms with Crippen LogP contribution in [0.1, 0.15) is 58.3 Å². The molecule has 106 valence electrons. The van der Waals surface area contributed by atoms with E-state index in [0.29, 0.717) is 24.5 Å². The van der Waals surface area contributed by atoms with Crippen LogP contribution in [0, 0.1) is 0 Å². The normalized spacial score (nSPS) is 17.5. The highest BCUT2D eigenvalue weighted by Gasteiger charge is 2.12. The molecule has 0 amide bonds. The smallest absolute Gasteiger partial charge is 0.226 e. The molecule has 1 aromatic rings. The second-order valence-corrected chi connectivity index (χ2v) is 5.25. The summed E-state index contributed by atoms with van der Waals surface area (Å²) in [5.74, 6) is 1.38. The predicted octanol–water partition coefficient (Wildman–Crippen LogP) is 3.79. The van der Waals surface area contributed by atoms with Gasteiger partial charge in [0.2, 0.25) is 11.8 Å². The zero-order valence-electron chi connectivity index (χ0n) is 11.9. The SMILES string of the molecule is CCCOc1ccnc(NC2CCCCCCC2)n1. The maximum absolute atomic E-state index is 5.54. The highest BCUT2D eigenvalue weighted by molar-refractivity contribution is 5.28. The number of hydrogen-bond donors (Lipinski definition) is 1. The van der Waals surface area contributed by atoms with Crippen molar-refractivity contribution in [1.82, 2.24) is 9.97 Å². The molecule has 1 aliphatic carbocycles. The molecule has 4 heteroatoms. The average Bonchev–Trinajstić information content (AvgIpc) is 2.40. The Morgan fingerprint density at radius 2 is 1.95 bits per heavy atom. The van der Waals surface area contributed by atoms with Gasteiger partial charge in [-0.05, 0) is 19.3 Å². The molecule has 0 spiro atoms. The molecule has 19 heavy (non-hydrogen) atoms. The molecule has 4 nitrogen and oxygen atoms in total. The molecule has 1 fully saturated rings. The number of ether oxygens (including phenoxy) is 1. The minimum atomic E-state index is 0.515. The highest BCUT2D eigenvalue weighted by atomic mass is 16.5. The van der Waals surface area contributed by atoms with Gasteiger partial charge in [-0.15, -0.1) is 0 Å². The van der Waals surface area contributed by atoms with Gasteiger partial charge in [-0.2, -0.15) is 4.98 Å². The third-order valence-electron chi connectivity index (χ3n) is 3.52. The van der Waals surface area contributed by atoms with Crippen LogP contribution >= 0.6 is 0 Å². The summed E-state index contributed by atoms with van der Waals surface area (Å²) in [6, 6.07) is 2.33. The molecule has 2 rings (SSSR count). The molecular formula is C15H25N3O. The van der Waals surface area contributed by atoms with Crippen molar-refractivity contribution >= 4 is 5.95 Å². The van der Waals surface area contributed by atoms with E-state index in [1.54, 1.807) is 6.20 Å². The van der Waals surface area contributed by atoms with Gasteiger partial charge < -0.3 is 10.1 Å². The lowest BCUT2D eigenvalue weighted by atomic mass is 9.97. The fourth-order valence-corrected chi connectivity index (χ4v) is 2.48. The van der Waals surface area contributed by atoms with Crippen molar-refractivity contribution in [3.8, 4) is 5.88 Å². The number of aromatic nitrogens is 2. The van der Waals surface area contributed by atoms with Gasteiger partial charge in [0.1, 0.15) is 0 Å². The third-order valence-corrected chi connectivity index (χ3v) is 3.52. The van der Waals surface area contributed by atoms with Crippen molar-refractivity contribution in [1.29, 1.82) is 0 Å². The lowest BCUT2D eigenvalue weighted by Gasteiger charge is -2.21. The Balaban J connectivity index is 1.89. The zero-order chi connectivity index (χ0) is 13.3. The molecule has 0 bridgehead atoms. The quantitative estimate of drug-likeness (QED) is 0.878. The molecule has 1 aliphatic rings. The molecule has 1 aromatic heterocycles. The Kier molecular flexibility index (Phi) is 5.92. The average molecular weight is 263 g/mol. The van der Waals surface area contributed by atoms with Crippen LogP contribution in [-0.4, -0.2) is 22.6 Å². The third kappa shape index (κ3) is 5.05. The minimum absolute atomic E-state index is 0.515. The minimum Gasteiger partial charge on any atom is -0.478 e. The van der Waals surface area contributed by atoms with Gasteiger partial charge in [0.25, 0.3) is 0 Å². The molecule has 0 saturated heterocycles. The van der Waals surface area contributed by atoms with E-state index in [-0.39, 0.29) is 0 Å². The van der Waals surface area contributed by atoms with Crippen LogP contribution in [0.25, 0.3) is 0 Å². The standard InChI is InChI=1S/C15H25N3O/c1-2-12-19-14-10-11-16-15(18-14)17-13-8-6-4-3-5-7-9-13/h10-11,13H,2-9,12H2,1H3,(H,16,17,18). The number of hydrogen-bond acceptors (Lipinski definition) is 4. The Labute approximate surface area is 116 Å². The Hall–Kier alpha value is -1.32. The monoisotopic (exact) mass is 263 g/mol. The largest absolute Gasteiger partial charge is 0.478 e. The maximum atomic E-state index is 5.54. The van der Waals surface area contributed by atoms with E-state index < -0.39 is 0 Å². The van der Waals surface area contributed by atoms with Crippen molar-refractivity contribution in [2.75, 3.05) is 11.9 Å². The molecule has 1 N–H and O–H groups in total. The maximum Gasteiger partial charge on any atom is 0.226 e. The van der Waals surface area contributed by atoms with Gasteiger partial charge in [0, 0.05) is 18.3 Å². The fourth-order valence-electron chi connectivity index (χ4n) is 2.48. The van der Waals surface area contributed by atoms with Gasteiger partial charge in [0.05, 0.1) is 6.61 Å². The summed E-state index contributed by atoms with van der Waals surface area (Å²) < 4.78 is 5.54. The summed E-state index contributed by atoms with van der Waals surface area (Å²) in [7, 11) is 0. The highest BCUT2D eigenvalue weighted by Crippen LogP contribution is 2.20. The van der Waals surface area contributed by atoms with E-state index in [0.717, 1.165) is 6.42 Å². The van der Waals surface area contributed by atoms with E-state index in [1.165, 1.54) is 44.9 Å². The van der Waals surface area contributed by atoms with E-state index >= 15 is 0 Å². The lowest BCUT2D eigenvalue weighted by molar-refractivity contribution is 0.305. The van der Waals surface area contributed by atoms with Gasteiger partial charge in [-0.25, -0.2) is 4.98 Å². The van der Waals surface area contributed by atoms with Crippen LogP contribution in [0.2, 0.25) is 0 Å². The van der Waals surface area contributed by atoms with Crippen LogP contribution in [0.4, 0.5) is 5.95 Å². The van der Waals surface area contributed by atoms with Crippen LogP contribution in [0.15, 0.2) is 12.3 Å². The summed E-state index contributed by atoms with van der Waals surface area (Å²) in [6.45, 7) is 2.80. The first-order valence-corrected chi connectivity index (χ1v) is 7.61. The van der Waals surface area contributed by atoms with Gasteiger partial charge >= 0.3 is 0 Å². The number of anilines is 1. The van der Waals surface area contributed by atoms with E-state index in [4.69, 9.17) is 4.74 Å². The molecule has 0 atom stereocenters. The Morgan fingerprint density at radius 1 is 1.21 bits per heavy atom. The van der Waals surface area contributed by atoms with Gasteiger partial charge in [0.15, 0.2) is 0 Å². The molecule has 0 unspecified atom stereocenters. The molecular weight excluding hydrogens is 238 g/mol. The van der Waals surface area contributed by atoms with Crippen LogP contribution < -0.4 is 10.1 Å². The van der Waals surface area contributed by atoms with Gasteiger partial charge in [-0.1, -0.05) is 39.0 Å².